The maximum atomic E-state index is 10.8. The highest BCUT2D eigenvalue weighted by Gasteiger charge is 2.26. The van der Waals surface area contributed by atoms with Crippen molar-refractivity contribution < 1.29 is 17.2 Å². The number of sulfone groups is 1. The van der Waals surface area contributed by atoms with Gasteiger partial charge < -0.3 is 4.55 Å². The van der Waals surface area contributed by atoms with E-state index in [0.29, 0.717) is 12.8 Å². The zero-order valence-corrected chi connectivity index (χ0v) is 7.53. The average molecular weight is 198 g/mol. The first-order valence-electron chi connectivity index (χ1n) is 3.31. The van der Waals surface area contributed by atoms with Gasteiger partial charge in [0, 0.05) is 0 Å². The van der Waals surface area contributed by atoms with Crippen LogP contribution in [-0.2, 0) is 20.9 Å². The quantitative estimate of drug-likeness (QED) is 0.591. The standard InChI is InChI=1S/C5H10O4S2/c6-10(7)5-1-3-11(8,9)4-2-5/h5H,1-4H2,(H,6,7). The summed E-state index contributed by atoms with van der Waals surface area (Å²) in [6.45, 7) is 0. The van der Waals surface area contributed by atoms with Crippen molar-refractivity contribution in [3.8, 4) is 0 Å². The molecule has 66 valence electrons. The predicted molar refractivity (Wildman–Crippen MR) is 42.4 cm³/mol. The van der Waals surface area contributed by atoms with Crippen molar-refractivity contribution in [3.05, 3.63) is 0 Å². The predicted octanol–water partition coefficient (Wildman–Crippen LogP) is -0.215. The monoisotopic (exact) mass is 198 g/mol. The van der Waals surface area contributed by atoms with E-state index in [9.17, 15) is 12.6 Å². The minimum absolute atomic E-state index is 0.0595. The molecule has 1 aliphatic rings. The molecule has 1 unspecified atom stereocenters. The fourth-order valence-electron chi connectivity index (χ4n) is 1.07. The summed E-state index contributed by atoms with van der Waals surface area (Å²) in [4.78, 5) is 0. The molecule has 0 radical (unpaired) electrons. The summed E-state index contributed by atoms with van der Waals surface area (Å²) >= 11 is -1.85. The van der Waals surface area contributed by atoms with Gasteiger partial charge in [0.25, 0.3) is 0 Å². The van der Waals surface area contributed by atoms with Gasteiger partial charge in [0.15, 0.2) is 11.1 Å². The van der Waals surface area contributed by atoms with Gasteiger partial charge in [-0.2, -0.15) is 0 Å². The second kappa shape index (κ2) is 3.20. The topological polar surface area (TPSA) is 71.4 Å². The first-order valence-corrected chi connectivity index (χ1v) is 6.30. The first-order chi connectivity index (χ1) is 5.01. The third-order valence-electron chi connectivity index (χ3n) is 1.79. The van der Waals surface area contributed by atoms with Crippen molar-refractivity contribution in [2.45, 2.75) is 18.1 Å². The lowest BCUT2D eigenvalue weighted by Crippen LogP contribution is -2.29. The van der Waals surface area contributed by atoms with Crippen LogP contribution < -0.4 is 0 Å². The molecule has 1 N–H and O–H groups in total. The Balaban J connectivity index is 2.56. The van der Waals surface area contributed by atoms with E-state index >= 15 is 0 Å². The summed E-state index contributed by atoms with van der Waals surface area (Å²) < 4.78 is 40.8. The summed E-state index contributed by atoms with van der Waals surface area (Å²) in [7, 11) is -2.89. The molecule has 0 aromatic carbocycles. The fraction of sp³-hybridized carbons (Fsp3) is 1.00. The van der Waals surface area contributed by atoms with E-state index in [1.165, 1.54) is 0 Å². The second-order valence-electron chi connectivity index (χ2n) is 2.63. The molecule has 4 nitrogen and oxygen atoms in total. The van der Waals surface area contributed by atoms with Crippen LogP contribution in [0.4, 0.5) is 0 Å². The first kappa shape index (κ1) is 9.15. The summed E-state index contributed by atoms with van der Waals surface area (Å²) in [5.74, 6) is 0.119. The Labute approximate surface area is 68.2 Å². The molecular formula is C5H10O4S2. The number of rotatable bonds is 1. The summed E-state index contributed by atoms with van der Waals surface area (Å²) in [6, 6.07) is 0. The molecule has 0 aromatic heterocycles. The summed E-state index contributed by atoms with van der Waals surface area (Å²) in [5.41, 5.74) is 0. The molecule has 11 heavy (non-hydrogen) atoms. The molecular weight excluding hydrogens is 188 g/mol. The van der Waals surface area contributed by atoms with Crippen molar-refractivity contribution in [1.82, 2.24) is 0 Å². The van der Waals surface area contributed by atoms with Gasteiger partial charge in [0.05, 0.1) is 16.8 Å². The van der Waals surface area contributed by atoms with Crippen LogP contribution in [0, 0.1) is 0 Å². The molecule has 0 amide bonds. The maximum Gasteiger partial charge on any atom is 0.156 e. The van der Waals surface area contributed by atoms with E-state index < -0.39 is 20.9 Å². The van der Waals surface area contributed by atoms with Gasteiger partial charge in [-0.05, 0) is 12.8 Å². The number of hydrogen-bond donors (Lipinski definition) is 1. The minimum Gasteiger partial charge on any atom is -0.306 e. The molecule has 1 fully saturated rings. The SMILES string of the molecule is O=S(O)C1CCS(=O)(=O)CC1. The minimum atomic E-state index is -2.89. The summed E-state index contributed by atoms with van der Waals surface area (Å²) in [5, 5.41) is -0.335. The Hall–Kier alpha value is 0.0600. The molecule has 0 aliphatic carbocycles. The molecule has 6 heteroatoms. The Morgan fingerprint density at radius 3 is 2.09 bits per heavy atom. The van der Waals surface area contributed by atoms with Gasteiger partial charge in [-0.1, -0.05) is 0 Å². The highest BCUT2D eigenvalue weighted by molar-refractivity contribution is 7.91. The van der Waals surface area contributed by atoms with Crippen LogP contribution in [0.15, 0.2) is 0 Å². The zero-order chi connectivity index (χ0) is 8.48. The third-order valence-corrected chi connectivity index (χ3v) is 4.54. The van der Waals surface area contributed by atoms with E-state index in [-0.39, 0.29) is 16.8 Å². The fourth-order valence-corrected chi connectivity index (χ4v) is 3.50. The van der Waals surface area contributed by atoms with E-state index in [4.69, 9.17) is 4.55 Å². The lowest BCUT2D eigenvalue weighted by molar-refractivity contribution is 0.530. The molecule has 1 heterocycles. The third kappa shape index (κ3) is 2.53. The van der Waals surface area contributed by atoms with Crippen LogP contribution in [-0.4, -0.2) is 33.9 Å². The van der Waals surface area contributed by atoms with Crippen LogP contribution >= 0.6 is 0 Å². The molecule has 0 spiro atoms. The van der Waals surface area contributed by atoms with Crippen molar-refractivity contribution in [2.24, 2.45) is 0 Å². The van der Waals surface area contributed by atoms with Crippen molar-refractivity contribution in [2.75, 3.05) is 11.5 Å². The maximum absolute atomic E-state index is 10.8. The van der Waals surface area contributed by atoms with Crippen LogP contribution in [0.5, 0.6) is 0 Å². The van der Waals surface area contributed by atoms with Crippen LogP contribution in [0.25, 0.3) is 0 Å². The highest BCUT2D eigenvalue weighted by atomic mass is 32.2. The second-order valence-corrected chi connectivity index (χ2v) is 6.15. The lowest BCUT2D eigenvalue weighted by atomic mass is 10.2. The van der Waals surface area contributed by atoms with Gasteiger partial charge in [0.1, 0.15) is 9.84 Å². The smallest absolute Gasteiger partial charge is 0.156 e. The normalized spacial score (nSPS) is 28.1. The Morgan fingerprint density at radius 2 is 1.73 bits per heavy atom. The number of hydrogen-bond acceptors (Lipinski definition) is 3. The Kier molecular flexibility index (Phi) is 2.66. The van der Waals surface area contributed by atoms with Crippen molar-refractivity contribution >= 4 is 20.9 Å². The van der Waals surface area contributed by atoms with Crippen LogP contribution in [0.1, 0.15) is 12.8 Å². The van der Waals surface area contributed by atoms with E-state index in [0.717, 1.165) is 0 Å². The molecule has 1 atom stereocenters. The van der Waals surface area contributed by atoms with E-state index in [2.05, 4.69) is 0 Å². The molecule has 0 bridgehead atoms. The van der Waals surface area contributed by atoms with E-state index in [1.54, 1.807) is 0 Å². The lowest BCUT2D eigenvalue weighted by Gasteiger charge is -2.17. The van der Waals surface area contributed by atoms with Crippen LogP contribution in [0.3, 0.4) is 0 Å². The molecule has 1 aliphatic heterocycles. The van der Waals surface area contributed by atoms with Gasteiger partial charge in [-0.15, -0.1) is 0 Å². The van der Waals surface area contributed by atoms with Gasteiger partial charge in [-0.25, -0.2) is 12.6 Å². The Morgan fingerprint density at radius 1 is 1.27 bits per heavy atom. The van der Waals surface area contributed by atoms with Crippen molar-refractivity contribution in [3.63, 3.8) is 0 Å². The van der Waals surface area contributed by atoms with E-state index in [1.807, 2.05) is 0 Å². The summed E-state index contributed by atoms with van der Waals surface area (Å²) in [6.07, 6.45) is 0.650. The average Bonchev–Trinajstić information content (AvgIpc) is 1.86. The molecule has 1 rings (SSSR count). The largest absolute Gasteiger partial charge is 0.306 e. The molecule has 0 aromatic rings. The Bertz CT molecular complexity index is 242. The van der Waals surface area contributed by atoms with Gasteiger partial charge >= 0.3 is 0 Å². The highest BCUT2D eigenvalue weighted by Crippen LogP contribution is 2.15. The van der Waals surface area contributed by atoms with Crippen LogP contribution in [0.2, 0.25) is 0 Å². The van der Waals surface area contributed by atoms with Gasteiger partial charge in [0.2, 0.25) is 0 Å². The van der Waals surface area contributed by atoms with Gasteiger partial charge in [-0.3, -0.25) is 0 Å². The zero-order valence-electron chi connectivity index (χ0n) is 5.89. The van der Waals surface area contributed by atoms with Crippen molar-refractivity contribution in [1.29, 1.82) is 0 Å². The molecule has 0 saturated carbocycles. The molecule has 1 saturated heterocycles.